The maximum absolute atomic E-state index is 5.73. The summed E-state index contributed by atoms with van der Waals surface area (Å²) in [7, 11) is 3.27. The van der Waals surface area contributed by atoms with Gasteiger partial charge in [0.05, 0.1) is 26.5 Å². The van der Waals surface area contributed by atoms with E-state index in [1.807, 2.05) is 54.6 Å². The molecule has 0 fully saturated rings. The van der Waals surface area contributed by atoms with Crippen molar-refractivity contribution in [3.63, 3.8) is 0 Å². The van der Waals surface area contributed by atoms with Gasteiger partial charge < -0.3 is 19.5 Å². The minimum Gasteiger partial charge on any atom is -0.497 e. The molecular formula is C20H21N3O3. The standard InChI is InChI=1S/C20H21N3O3/c1-24-16-9-7-15(8-10-16)17-11-12-21-20(23-17)22-13-14-26-19-6-4-3-5-18(19)25-2/h3-12H,13-14H2,1-2H3,(H,21,22,23). The normalized spacial score (nSPS) is 10.2. The first kappa shape index (κ1) is 17.5. The zero-order valence-corrected chi connectivity index (χ0v) is 14.8. The number of para-hydroxylation sites is 2. The van der Waals surface area contributed by atoms with Crippen LogP contribution in [0.4, 0.5) is 5.95 Å². The van der Waals surface area contributed by atoms with Crippen molar-refractivity contribution in [3.8, 4) is 28.5 Å². The number of methoxy groups -OCH3 is 2. The summed E-state index contributed by atoms with van der Waals surface area (Å²) in [5.41, 5.74) is 1.84. The highest BCUT2D eigenvalue weighted by Gasteiger charge is 2.04. The molecule has 0 saturated heterocycles. The summed E-state index contributed by atoms with van der Waals surface area (Å²) in [6.45, 7) is 1.04. The lowest BCUT2D eigenvalue weighted by Gasteiger charge is -2.11. The smallest absolute Gasteiger partial charge is 0.223 e. The van der Waals surface area contributed by atoms with Crippen molar-refractivity contribution in [2.75, 3.05) is 32.7 Å². The zero-order chi connectivity index (χ0) is 18.2. The lowest BCUT2D eigenvalue weighted by Crippen LogP contribution is -2.13. The molecule has 134 valence electrons. The number of nitrogens with zero attached hydrogens (tertiary/aromatic N) is 2. The second-order valence-electron chi connectivity index (χ2n) is 5.42. The lowest BCUT2D eigenvalue weighted by molar-refractivity contribution is 0.305. The van der Waals surface area contributed by atoms with Gasteiger partial charge in [-0.25, -0.2) is 9.97 Å². The third-order valence-corrected chi connectivity index (χ3v) is 3.75. The second kappa shape index (κ2) is 8.71. The summed E-state index contributed by atoms with van der Waals surface area (Å²) in [6, 6.07) is 17.2. The molecule has 0 spiro atoms. The maximum Gasteiger partial charge on any atom is 0.223 e. The van der Waals surface area contributed by atoms with Gasteiger partial charge in [0.25, 0.3) is 0 Å². The molecule has 0 radical (unpaired) electrons. The molecule has 0 saturated carbocycles. The van der Waals surface area contributed by atoms with Crippen molar-refractivity contribution in [2.45, 2.75) is 0 Å². The van der Waals surface area contributed by atoms with E-state index in [0.717, 1.165) is 17.0 Å². The molecule has 3 aromatic rings. The third kappa shape index (κ3) is 4.42. The number of aromatic nitrogens is 2. The Hall–Kier alpha value is -3.28. The summed E-state index contributed by atoms with van der Waals surface area (Å²) in [6.07, 6.45) is 1.73. The van der Waals surface area contributed by atoms with Gasteiger partial charge in [-0.3, -0.25) is 0 Å². The van der Waals surface area contributed by atoms with Crippen molar-refractivity contribution in [1.82, 2.24) is 9.97 Å². The van der Waals surface area contributed by atoms with E-state index in [0.29, 0.717) is 30.6 Å². The van der Waals surface area contributed by atoms with E-state index in [2.05, 4.69) is 15.3 Å². The predicted molar refractivity (Wildman–Crippen MR) is 101 cm³/mol. The van der Waals surface area contributed by atoms with Crippen molar-refractivity contribution in [2.24, 2.45) is 0 Å². The van der Waals surface area contributed by atoms with E-state index in [1.54, 1.807) is 20.4 Å². The van der Waals surface area contributed by atoms with Crippen LogP contribution in [0.15, 0.2) is 60.8 Å². The van der Waals surface area contributed by atoms with Gasteiger partial charge in [-0.15, -0.1) is 0 Å². The minimum absolute atomic E-state index is 0.469. The van der Waals surface area contributed by atoms with Crippen LogP contribution in [0.25, 0.3) is 11.3 Å². The van der Waals surface area contributed by atoms with Gasteiger partial charge in [0.1, 0.15) is 12.4 Å². The van der Waals surface area contributed by atoms with Gasteiger partial charge in [0, 0.05) is 11.8 Å². The van der Waals surface area contributed by atoms with Gasteiger partial charge in [-0.05, 0) is 42.5 Å². The number of anilines is 1. The molecule has 1 N–H and O–H groups in total. The van der Waals surface area contributed by atoms with E-state index < -0.39 is 0 Å². The molecule has 0 amide bonds. The molecule has 3 rings (SSSR count). The topological polar surface area (TPSA) is 65.5 Å². The summed E-state index contributed by atoms with van der Waals surface area (Å²) < 4.78 is 16.2. The van der Waals surface area contributed by atoms with E-state index in [4.69, 9.17) is 14.2 Å². The fourth-order valence-electron chi connectivity index (χ4n) is 2.43. The van der Waals surface area contributed by atoms with Crippen molar-refractivity contribution < 1.29 is 14.2 Å². The summed E-state index contributed by atoms with van der Waals surface area (Å²) in [4.78, 5) is 8.78. The number of ether oxygens (including phenoxy) is 3. The van der Waals surface area contributed by atoms with Gasteiger partial charge in [-0.2, -0.15) is 0 Å². The van der Waals surface area contributed by atoms with Crippen LogP contribution in [-0.4, -0.2) is 37.3 Å². The Labute approximate surface area is 152 Å². The largest absolute Gasteiger partial charge is 0.497 e. The highest BCUT2D eigenvalue weighted by Crippen LogP contribution is 2.25. The Balaban J connectivity index is 1.57. The van der Waals surface area contributed by atoms with Gasteiger partial charge >= 0.3 is 0 Å². The number of hydrogen-bond donors (Lipinski definition) is 1. The van der Waals surface area contributed by atoms with E-state index in [-0.39, 0.29) is 0 Å². The molecule has 1 aromatic heterocycles. The average molecular weight is 351 g/mol. The quantitative estimate of drug-likeness (QED) is 0.625. The van der Waals surface area contributed by atoms with Crippen molar-refractivity contribution in [1.29, 1.82) is 0 Å². The highest BCUT2D eigenvalue weighted by molar-refractivity contribution is 5.60. The Morgan fingerprint density at radius 3 is 2.38 bits per heavy atom. The zero-order valence-electron chi connectivity index (χ0n) is 14.8. The van der Waals surface area contributed by atoms with Crippen LogP contribution in [0.2, 0.25) is 0 Å². The minimum atomic E-state index is 0.469. The number of rotatable bonds is 8. The Morgan fingerprint density at radius 1 is 0.885 bits per heavy atom. The molecule has 0 unspecified atom stereocenters. The van der Waals surface area contributed by atoms with E-state index in [1.165, 1.54) is 0 Å². The van der Waals surface area contributed by atoms with Crippen molar-refractivity contribution >= 4 is 5.95 Å². The molecule has 6 heteroatoms. The molecular weight excluding hydrogens is 330 g/mol. The van der Waals surface area contributed by atoms with E-state index >= 15 is 0 Å². The number of hydrogen-bond acceptors (Lipinski definition) is 6. The summed E-state index contributed by atoms with van der Waals surface area (Å²) in [5, 5.41) is 3.17. The fraction of sp³-hybridized carbons (Fsp3) is 0.200. The molecule has 0 aliphatic carbocycles. The highest BCUT2D eigenvalue weighted by atomic mass is 16.5. The van der Waals surface area contributed by atoms with Crippen LogP contribution in [0.1, 0.15) is 0 Å². The third-order valence-electron chi connectivity index (χ3n) is 3.75. The molecule has 0 atom stereocenters. The van der Waals surface area contributed by atoms with E-state index in [9.17, 15) is 0 Å². The van der Waals surface area contributed by atoms with Crippen LogP contribution < -0.4 is 19.5 Å². The Bertz CT molecular complexity index is 838. The van der Waals surface area contributed by atoms with Crippen LogP contribution >= 0.6 is 0 Å². The Morgan fingerprint density at radius 2 is 1.65 bits per heavy atom. The molecule has 2 aromatic carbocycles. The first-order chi connectivity index (χ1) is 12.8. The summed E-state index contributed by atoms with van der Waals surface area (Å²) >= 11 is 0. The molecule has 0 aliphatic rings. The Kier molecular flexibility index (Phi) is 5.88. The maximum atomic E-state index is 5.73. The fourth-order valence-corrected chi connectivity index (χ4v) is 2.43. The summed E-state index contributed by atoms with van der Waals surface area (Å²) in [5.74, 6) is 2.80. The SMILES string of the molecule is COc1ccc(-c2ccnc(NCCOc3ccccc3OC)n2)cc1. The molecule has 0 aliphatic heterocycles. The monoisotopic (exact) mass is 351 g/mol. The molecule has 1 heterocycles. The van der Waals surface area contributed by atoms with Crippen LogP contribution in [0.3, 0.4) is 0 Å². The van der Waals surface area contributed by atoms with Crippen LogP contribution in [-0.2, 0) is 0 Å². The number of nitrogens with one attached hydrogen (secondary N) is 1. The molecule has 0 bridgehead atoms. The lowest BCUT2D eigenvalue weighted by atomic mass is 10.1. The first-order valence-corrected chi connectivity index (χ1v) is 8.27. The van der Waals surface area contributed by atoms with Crippen LogP contribution in [0, 0.1) is 0 Å². The molecule has 26 heavy (non-hydrogen) atoms. The number of benzene rings is 2. The van der Waals surface area contributed by atoms with Gasteiger partial charge in [0.2, 0.25) is 5.95 Å². The second-order valence-corrected chi connectivity index (χ2v) is 5.42. The van der Waals surface area contributed by atoms with Crippen molar-refractivity contribution in [3.05, 3.63) is 60.8 Å². The first-order valence-electron chi connectivity index (χ1n) is 8.27. The predicted octanol–water partition coefficient (Wildman–Crippen LogP) is 3.65. The van der Waals surface area contributed by atoms with Crippen LogP contribution in [0.5, 0.6) is 17.2 Å². The van der Waals surface area contributed by atoms with Gasteiger partial charge in [0.15, 0.2) is 11.5 Å². The van der Waals surface area contributed by atoms with Gasteiger partial charge in [-0.1, -0.05) is 12.1 Å². The molecule has 6 nitrogen and oxygen atoms in total. The average Bonchev–Trinajstić information content (AvgIpc) is 2.72.